The first kappa shape index (κ1) is 14.9. The van der Waals surface area contributed by atoms with E-state index in [1.165, 1.54) is 11.2 Å². The largest absolute Gasteiger partial charge is 0.272 e. The Morgan fingerprint density at radius 1 is 1.55 bits per heavy atom. The zero-order valence-electron chi connectivity index (χ0n) is 12.2. The number of pyridine rings is 1. The highest BCUT2D eigenvalue weighted by Crippen LogP contribution is 2.46. The lowest BCUT2D eigenvalue weighted by Gasteiger charge is -2.27. The molecule has 2 aliphatic rings. The molecule has 1 amide bonds. The Morgan fingerprint density at radius 2 is 2.32 bits per heavy atom. The van der Waals surface area contributed by atoms with E-state index in [1.807, 2.05) is 6.07 Å². The van der Waals surface area contributed by atoms with Gasteiger partial charge in [-0.25, -0.2) is 13.8 Å². The molecule has 1 aromatic heterocycles. The quantitative estimate of drug-likeness (QED) is 0.858. The molecule has 2 aliphatic heterocycles. The second-order valence-corrected chi connectivity index (χ2v) is 5.77. The monoisotopic (exact) mass is 306 g/mol. The molecular formula is C15H16F2N4O. The average molecular weight is 306 g/mol. The molecule has 0 radical (unpaired) electrons. The van der Waals surface area contributed by atoms with Crippen LogP contribution in [0.3, 0.4) is 0 Å². The summed E-state index contributed by atoms with van der Waals surface area (Å²) in [4.78, 5) is 16.6. The molecule has 0 spiro atoms. The molecule has 0 N–H and O–H groups in total. The summed E-state index contributed by atoms with van der Waals surface area (Å²) < 4.78 is 26.9. The number of carbonyl (C=O) groups excluding carboxylic acids is 1. The van der Waals surface area contributed by atoms with Crippen LogP contribution in [0.5, 0.6) is 0 Å². The van der Waals surface area contributed by atoms with Gasteiger partial charge in [0.25, 0.3) is 12.3 Å². The van der Waals surface area contributed by atoms with Gasteiger partial charge in [0.2, 0.25) is 0 Å². The number of aromatic nitrogens is 1. The number of hydrogen-bond donors (Lipinski definition) is 0. The Morgan fingerprint density at radius 3 is 2.95 bits per heavy atom. The fourth-order valence-corrected chi connectivity index (χ4v) is 3.33. The van der Waals surface area contributed by atoms with Gasteiger partial charge in [0.15, 0.2) is 0 Å². The number of nitrogens with zero attached hydrogens (tertiary/aromatic N) is 4. The molecule has 116 valence electrons. The lowest BCUT2D eigenvalue weighted by Crippen LogP contribution is -2.41. The highest BCUT2D eigenvalue weighted by molar-refractivity contribution is 5.85. The highest BCUT2D eigenvalue weighted by atomic mass is 19.3. The van der Waals surface area contributed by atoms with Crippen molar-refractivity contribution >= 4 is 5.91 Å². The Balaban J connectivity index is 1.95. The number of hydrogen-bond acceptors (Lipinski definition) is 4. The third-order valence-corrected chi connectivity index (χ3v) is 4.68. The minimum atomic E-state index is -2.68. The van der Waals surface area contributed by atoms with Gasteiger partial charge in [-0.15, -0.1) is 0 Å². The van der Waals surface area contributed by atoms with Crippen molar-refractivity contribution in [1.29, 1.82) is 5.26 Å². The van der Waals surface area contributed by atoms with Crippen molar-refractivity contribution in [2.75, 3.05) is 13.1 Å². The van der Waals surface area contributed by atoms with Crippen molar-refractivity contribution in [3.05, 3.63) is 29.6 Å². The zero-order chi connectivity index (χ0) is 15.9. The van der Waals surface area contributed by atoms with E-state index in [9.17, 15) is 13.6 Å². The Hall–Kier alpha value is -2.07. The predicted octanol–water partition coefficient (Wildman–Crippen LogP) is 2.12. The standard InChI is InChI=1S/C15H16F2N4O/c1-2-15(13(16)17)9-20-4-3-12(21(20)14(15)22)11-5-10(6-18)7-19-8-11/h5,7-8,12-13H,2-4,9H2,1H3/t12-,15-/m0/s1. The molecule has 22 heavy (non-hydrogen) atoms. The molecular weight excluding hydrogens is 290 g/mol. The van der Waals surface area contributed by atoms with Crippen LogP contribution in [0, 0.1) is 16.7 Å². The summed E-state index contributed by atoms with van der Waals surface area (Å²) in [5.41, 5.74) is -0.492. The normalized spacial score (nSPS) is 28.2. The first-order valence-electron chi connectivity index (χ1n) is 7.25. The smallest absolute Gasteiger partial charge is 0.254 e. The molecule has 3 rings (SSSR count). The van der Waals surface area contributed by atoms with Crippen molar-refractivity contribution in [2.24, 2.45) is 5.41 Å². The summed E-state index contributed by atoms with van der Waals surface area (Å²) in [6.07, 6.45) is 1.12. The number of carbonyl (C=O) groups is 1. The van der Waals surface area contributed by atoms with Crippen LogP contribution in [0.4, 0.5) is 8.78 Å². The third-order valence-electron chi connectivity index (χ3n) is 4.68. The number of nitriles is 1. The van der Waals surface area contributed by atoms with E-state index in [2.05, 4.69) is 4.98 Å². The van der Waals surface area contributed by atoms with Gasteiger partial charge in [0.05, 0.1) is 11.6 Å². The van der Waals surface area contributed by atoms with Gasteiger partial charge in [0.1, 0.15) is 11.5 Å². The van der Waals surface area contributed by atoms with Gasteiger partial charge in [-0.1, -0.05) is 6.92 Å². The van der Waals surface area contributed by atoms with Crippen LogP contribution in [-0.4, -0.2) is 40.4 Å². The van der Waals surface area contributed by atoms with E-state index < -0.39 is 17.7 Å². The maximum Gasteiger partial charge on any atom is 0.254 e. The average Bonchev–Trinajstić information content (AvgIpc) is 3.06. The van der Waals surface area contributed by atoms with Gasteiger partial charge in [-0.05, 0) is 24.5 Å². The number of hydrazine groups is 1. The van der Waals surface area contributed by atoms with Crippen LogP contribution in [0.15, 0.2) is 18.5 Å². The zero-order valence-corrected chi connectivity index (χ0v) is 12.2. The molecule has 3 heterocycles. The molecule has 0 unspecified atom stereocenters. The first-order valence-corrected chi connectivity index (χ1v) is 7.25. The molecule has 2 atom stereocenters. The fraction of sp³-hybridized carbons (Fsp3) is 0.533. The lowest BCUT2D eigenvalue weighted by atomic mass is 9.84. The summed E-state index contributed by atoms with van der Waals surface area (Å²) in [6, 6.07) is 3.36. The van der Waals surface area contributed by atoms with E-state index in [4.69, 9.17) is 5.26 Å². The fourth-order valence-electron chi connectivity index (χ4n) is 3.33. The van der Waals surface area contributed by atoms with Crippen LogP contribution in [0.25, 0.3) is 0 Å². The Bertz CT molecular complexity index is 645. The second kappa shape index (κ2) is 5.29. The van der Waals surface area contributed by atoms with Gasteiger partial charge in [0, 0.05) is 25.5 Å². The first-order chi connectivity index (χ1) is 10.5. The van der Waals surface area contributed by atoms with Crippen LogP contribution in [-0.2, 0) is 4.79 Å². The summed E-state index contributed by atoms with van der Waals surface area (Å²) in [6.45, 7) is 2.24. The minimum Gasteiger partial charge on any atom is -0.272 e. The van der Waals surface area contributed by atoms with Crippen LogP contribution >= 0.6 is 0 Å². The van der Waals surface area contributed by atoms with Crippen molar-refractivity contribution in [2.45, 2.75) is 32.2 Å². The Labute approximate surface area is 127 Å². The summed E-state index contributed by atoms with van der Waals surface area (Å²) >= 11 is 0. The van der Waals surface area contributed by atoms with Crippen molar-refractivity contribution in [1.82, 2.24) is 15.0 Å². The van der Waals surface area contributed by atoms with E-state index in [1.54, 1.807) is 24.2 Å². The highest BCUT2D eigenvalue weighted by Gasteiger charge is 2.59. The topological polar surface area (TPSA) is 60.2 Å². The van der Waals surface area contributed by atoms with Gasteiger partial charge in [-0.3, -0.25) is 14.8 Å². The van der Waals surface area contributed by atoms with Crippen molar-refractivity contribution in [3.8, 4) is 6.07 Å². The van der Waals surface area contributed by atoms with Crippen molar-refractivity contribution < 1.29 is 13.6 Å². The van der Waals surface area contributed by atoms with Gasteiger partial charge < -0.3 is 0 Å². The summed E-state index contributed by atoms with van der Waals surface area (Å²) in [5.74, 6) is -0.519. The van der Waals surface area contributed by atoms with E-state index in [-0.39, 0.29) is 19.0 Å². The third kappa shape index (κ3) is 1.98. The van der Waals surface area contributed by atoms with Gasteiger partial charge >= 0.3 is 0 Å². The van der Waals surface area contributed by atoms with E-state index in [0.29, 0.717) is 18.5 Å². The maximum absolute atomic E-state index is 13.5. The second-order valence-electron chi connectivity index (χ2n) is 5.77. The number of amides is 1. The predicted molar refractivity (Wildman–Crippen MR) is 73.5 cm³/mol. The molecule has 5 nitrogen and oxygen atoms in total. The minimum absolute atomic E-state index is 0.0574. The number of fused-ring (bicyclic) bond motifs is 1. The molecule has 7 heteroatoms. The van der Waals surface area contributed by atoms with E-state index >= 15 is 0 Å². The SMILES string of the molecule is CC[C@@]1(C(F)F)CN2CC[C@@H](c3cncc(C#N)c3)N2C1=O. The summed E-state index contributed by atoms with van der Waals surface area (Å²) in [7, 11) is 0. The van der Waals surface area contributed by atoms with Crippen molar-refractivity contribution in [3.63, 3.8) is 0 Å². The van der Waals surface area contributed by atoms with Gasteiger partial charge in [-0.2, -0.15) is 5.26 Å². The molecule has 2 saturated heterocycles. The molecule has 1 aromatic rings. The lowest BCUT2D eigenvalue weighted by molar-refractivity contribution is -0.148. The molecule has 2 fully saturated rings. The summed E-state index contributed by atoms with van der Waals surface area (Å²) in [5, 5.41) is 12.1. The molecule has 0 saturated carbocycles. The Kier molecular flexibility index (Phi) is 3.57. The number of halogens is 2. The van der Waals surface area contributed by atoms with E-state index in [0.717, 1.165) is 5.56 Å². The number of alkyl halides is 2. The van der Waals surface area contributed by atoms with Crippen LogP contribution in [0.1, 0.15) is 36.9 Å². The molecule has 0 aliphatic carbocycles. The molecule has 0 aromatic carbocycles. The van der Waals surface area contributed by atoms with Crippen LogP contribution < -0.4 is 0 Å². The van der Waals surface area contributed by atoms with Crippen LogP contribution in [0.2, 0.25) is 0 Å². The molecule has 0 bridgehead atoms. The number of rotatable bonds is 3. The maximum atomic E-state index is 13.5.